The number of nitrogens with zero attached hydrogens (tertiary/aromatic N) is 2. The van der Waals surface area contributed by atoms with Gasteiger partial charge in [0.2, 0.25) is 5.91 Å². The number of carbonyl (C=O) groups is 3. The zero-order valence-electron chi connectivity index (χ0n) is 21.5. The zero-order valence-corrected chi connectivity index (χ0v) is 21.5. The Morgan fingerprint density at radius 1 is 1.08 bits per heavy atom. The molecular weight excluding hydrogens is 504 g/mol. The highest BCUT2D eigenvalue weighted by molar-refractivity contribution is 5.94. The summed E-state index contributed by atoms with van der Waals surface area (Å²) in [7, 11) is 0. The van der Waals surface area contributed by atoms with E-state index in [0.717, 1.165) is 16.9 Å². The topological polar surface area (TPSA) is 165 Å². The number of aliphatic carboxylic acids is 1. The van der Waals surface area contributed by atoms with Gasteiger partial charge >= 0.3 is 12.1 Å². The summed E-state index contributed by atoms with van der Waals surface area (Å²) in [6.45, 7) is 1.64. The van der Waals surface area contributed by atoms with E-state index in [1.807, 2.05) is 42.5 Å². The summed E-state index contributed by atoms with van der Waals surface area (Å²) in [6.07, 6.45) is 0.298. The van der Waals surface area contributed by atoms with Crippen LogP contribution in [-0.4, -0.2) is 72.6 Å². The minimum absolute atomic E-state index is 0.0116. The van der Waals surface area contributed by atoms with E-state index in [1.54, 1.807) is 12.1 Å². The number of anilines is 2. The van der Waals surface area contributed by atoms with Gasteiger partial charge in [0.1, 0.15) is 18.9 Å². The number of aliphatic hydroxyl groups is 1. The second-order valence-electron chi connectivity index (χ2n) is 9.46. The average Bonchev–Trinajstić information content (AvgIpc) is 2.94. The van der Waals surface area contributed by atoms with E-state index in [4.69, 9.17) is 4.74 Å². The molecule has 2 amide bonds. The normalized spacial score (nSPS) is 18.2. The Bertz CT molecular complexity index is 1170. The zero-order chi connectivity index (χ0) is 27.6. The summed E-state index contributed by atoms with van der Waals surface area (Å²) in [6, 6.07) is 15.6. The molecule has 0 spiro atoms. The molecule has 39 heavy (non-hydrogen) atoms. The van der Waals surface area contributed by atoms with Crippen molar-refractivity contribution in [3.05, 3.63) is 60.2 Å². The summed E-state index contributed by atoms with van der Waals surface area (Å²) in [4.78, 5) is 42.9. The number of amides is 2. The van der Waals surface area contributed by atoms with E-state index in [1.165, 1.54) is 0 Å². The van der Waals surface area contributed by atoms with Crippen LogP contribution in [0.1, 0.15) is 24.8 Å². The third-order valence-electron chi connectivity index (χ3n) is 6.60. The molecule has 12 nitrogen and oxygen atoms in total. The Hall–Kier alpha value is -4.32. The van der Waals surface area contributed by atoms with E-state index in [-0.39, 0.29) is 25.0 Å². The van der Waals surface area contributed by atoms with Crippen LogP contribution < -0.4 is 26.2 Å². The first-order valence-corrected chi connectivity index (χ1v) is 13.0. The van der Waals surface area contributed by atoms with E-state index in [9.17, 15) is 24.6 Å². The quantitative estimate of drug-likeness (QED) is 0.277. The van der Waals surface area contributed by atoms with Gasteiger partial charge in [-0.2, -0.15) is 0 Å². The van der Waals surface area contributed by atoms with Gasteiger partial charge in [0.15, 0.2) is 5.96 Å². The Kier molecular flexibility index (Phi) is 9.57. The fourth-order valence-electron chi connectivity index (χ4n) is 4.42. The third kappa shape index (κ3) is 8.34. The second-order valence-corrected chi connectivity index (χ2v) is 9.46. The maximum Gasteiger partial charge on any atom is 0.408 e. The maximum atomic E-state index is 12.7. The van der Waals surface area contributed by atoms with Crippen molar-refractivity contribution in [1.82, 2.24) is 16.0 Å². The van der Waals surface area contributed by atoms with Crippen LogP contribution in [0, 0.1) is 5.92 Å². The molecule has 2 aromatic carbocycles. The number of carbonyl (C=O) groups excluding carboxylic acids is 2. The molecule has 208 valence electrons. The number of guanidine groups is 1. The molecule has 0 aliphatic carbocycles. The molecule has 2 heterocycles. The minimum atomic E-state index is -1.31. The lowest BCUT2D eigenvalue weighted by atomic mass is 9.95. The van der Waals surface area contributed by atoms with Crippen molar-refractivity contribution in [2.24, 2.45) is 10.9 Å². The molecule has 2 aliphatic rings. The van der Waals surface area contributed by atoms with Crippen LogP contribution in [0.2, 0.25) is 0 Å². The first-order chi connectivity index (χ1) is 18.9. The monoisotopic (exact) mass is 538 g/mol. The number of alkyl carbamates (subject to hydrolysis) is 1. The molecule has 0 saturated carbocycles. The Morgan fingerprint density at radius 3 is 2.56 bits per heavy atom. The molecule has 1 fully saturated rings. The average molecular weight is 539 g/mol. The smallest absolute Gasteiger partial charge is 0.408 e. The lowest BCUT2D eigenvalue weighted by molar-refractivity contribution is -0.139. The van der Waals surface area contributed by atoms with Gasteiger partial charge in [-0.25, -0.2) is 9.59 Å². The van der Waals surface area contributed by atoms with Crippen molar-refractivity contribution >= 4 is 35.3 Å². The van der Waals surface area contributed by atoms with Crippen LogP contribution in [0.3, 0.4) is 0 Å². The molecule has 2 atom stereocenters. The van der Waals surface area contributed by atoms with Crippen molar-refractivity contribution in [1.29, 1.82) is 0 Å². The number of carboxylic acid groups (broad SMARTS) is 1. The number of benzene rings is 2. The standard InChI is InChI=1S/C27H34N6O6/c34-23-9-12-28-26(32-23)30-20-7-4-8-21(15-20)33-13-10-19(11-14-33)24(35)29-16-22(25(36)37)31-27(38)39-17-18-5-2-1-3-6-18/h1-8,15,19,22-23,34H,9-14,16-17H2,(H,29,35)(H,31,38)(H,36,37)(H2,28,30,32). The predicted octanol–water partition coefficient (Wildman–Crippen LogP) is 1.48. The predicted molar refractivity (Wildman–Crippen MR) is 145 cm³/mol. The molecule has 12 heteroatoms. The van der Waals surface area contributed by atoms with Crippen LogP contribution in [-0.2, 0) is 20.9 Å². The summed E-state index contributed by atoms with van der Waals surface area (Å²) in [5.74, 6) is -1.24. The van der Waals surface area contributed by atoms with Gasteiger partial charge in [-0.3, -0.25) is 9.79 Å². The molecule has 4 rings (SSSR count). The molecule has 6 N–H and O–H groups in total. The Morgan fingerprint density at radius 2 is 1.85 bits per heavy atom. The molecule has 0 radical (unpaired) electrons. The van der Waals surface area contributed by atoms with Crippen molar-refractivity contribution in [3.63, 3.8) is 0 Å². The number of aliphatic imine (C=N–C) groups is 1. The SMILES string of the molecule is O=C(NC(CNC(=O)C1CCN(c2cccc(NC3=NCCC(O)N3)c2)CC1)C(=O)O)OCc1ccccc1. The highest BCUT2D eigenvalue weighted by Crippen LogP contribution is 2.26. The highest BCUT2D eigenvalue weighted by atomic mass is 16.5. The Labute approximate surface area is 226 Å². The van der Waals surface area contributed by atoms with E-state index < -0.39 is 24.3 Å². The van der Waals surface area contributed by atoms with E-state index in [0.29, 0.717) is 44.9 Å². The third-order valence-corrected chi connectivity index (χ3v) is 6.60. The van der Waals surface area contributed by atoms with Gasteiger partial charge in [-0.05, 0) is 36.6 Å². The van der Waals surface area contributed by atoms with E-state index >= 15 is 0 Å². The maximum absolute atomic E-state index is 12.7. The molecule has 0 aromatic heterocycles. The van der Waals surface area contributed by atoms with Gasteiger partial charge < -0.3 is 41.1 Å². The summed E-state index contributed by atoms with van der Waals surface area (Å²) in [5.41, 5.74) is 2.61. The number of nitrogens with one attached hydrogen (secondary N) is 4. The first-order valence-electron chi connectivity index (χ1n) is 13.0. The summed E-state index contributed by atoms with van der Waals surface area (Å²) in [5, 5.41) is 30.3. The number of carboxylic acids is 1. The van der Waals surface area contributed by atoms with Gasteiger partial charge in [0, 0.05) is 49.9 Å². The number of rotatable bonds is 9. The largest absolute Gasteiger partial charge is 0.480 e. The van der Waals surface area contributed by atoms with Crippen molar-refractivity contribution in [3.8, 4) is 0 Å². The summed E-state index contributed by atoms with van der Waals surface area (Å²) < 4.78 is 5.08. The van der Waals surface area contributed by atoms with Crippen LogP contribution >= 0.6 is 0 Å². The van der Waals surface area contributed by atoms with Gasteiger partial charge in [-0.15, -0.1) is 0 Å². The fraction of sp³-hybridized carbons (Fsp3) is 0.407. The molecular formula is C27H34N6O6. The number of hydrogen-bond donors (Lipinski definition) is 6. The minimum Gasteiger partial charge on any atom is -0.480 e. The summed E-state index contributed by atoms with van der Waals surface area (Å²) >= 11 is 0. The van der Waals surface area contributed by atoms with Crippen molar-refractivity contribution < 1.29 is 29.3 Å². The van der Waals surface area contributed by atoms with E-state index in [2.05, 4.69) is 31.2 Å². The van der Waals surface area contributed by atoms with Gasteiger partial charge in [-0.1, -0.05) is 36.4 Å². The molecule has 2 aliphatic heterocycles. The van der Waals surface area contributed by atoms with Gasteiger partial charge in [0.25, 0.3) is 0 Å². The molecule has 1 saturated heterocycles. The second kappa shape index (κ2) is 13.5. The number of aliphatic hydroxyl groups excluding tert-OH is 1. The fourth-order valence-corrected chi connectivity index (χ4v) is 4.42. The van der Waals surface area contributed by atoms with Crippen LogP contribution in [0.5, 0.6) is 0 Å². The molecule has 2 unspecified atom stereocenters. The van der Waals surface area contributed by atoms with Crippen LogP contribution in [0.4, 0.5) is 16.2 Å². The van der Waals surface area contributed by atoms with Crippen molar-refractivity contribution in [2.75, 3.05) is 36.4 Å². The first kappa shape index (κ1) is 27.7. The number of piperidine rings is 1. The van der Waals surface area contributed by atoms with Crippen molar-refractivity contribution in [2.45, 2.75) is 38.1 Å². The lowest BCUT2D eigenvalue weighted by Gasteiger charge is -2.33. The number of ether oxygens (including phenoxy) is 1. The number of hydrogen-bond acceptors (Lipinski definition) is 9. The highest BCUT2D eigenvalue weighted by Gasteiger charge is 2.27. The lowest BCUT2D eigenvalue weighted by Crippen LogP contribution is -2.50. The van der Waals surface area contributed by atoms with Gasteiger partial charge in [0.05, 0.1) is 0 Å². The Balaban J connectivity index is 1.21. The molecule has 2 aromatic rings. The molecule has 0 bridgehead atoms. The van der Waals surface area contributed by atoms with Crippen LogP contribution in [0.15, 0.2) is 59.6 Å². The van der Waals surface area contributed by atoms with Crippen LogP contribution in [0.25, 0.3) is 0 Å².